The topological polar surface area (TPSA) is 37.3 Å². The number of hydrogen-bond acceptors (Lipinski definition) is 1. The number of halogens is 4. The van der Waals surface area contributed by atoms with Crippen LogP contribution < -0.4 is 0 Å². The molecule has 0 spiro atoms. The first-order valence-corrected chi connectivity index (χ1v) is 14.6. The highest BCUT2D eigenvalue weighted by molar-refractivity contribution is 5.94. The monoisotopic (exact) mass is 554 g/mol. The third-order valence-electron chi connectivity index (χ3n) is 8.43. The van der Waals surface area contributed by atoms with Gasteiger partial charge in [-0.1, -0.05) is 101 Å². The summed E-state index contributed by atoms with van der Waals surface area (Å²) in [4.78, 5) is 11.5. The molecule has 3 aromatic rings. The van der Waals surface area contributed by atoms with Crippen LogP contribution in [-0.4, -0.2) is 11.1 Å². The number of rotatable bonds is 12. The van der Waals surface area contributed by atoms with Crippen LogP contribution in [-0.2, 0) is 6.42 Å². The fraction of sp³-hybridized carbons (Fsp3) is 0.441. The van der Waals surface area contributed by atoms with Gasteiger partial charge in [0.1, 0.15) is 5.82 Å². The first-order valence-electron chi connectivity index (χ1n) is 14.6. The van der Waals surface area contributed by atoms with Gasteiger partial charge in [-0.25, -0.2) is 22.4 Å². The van der Waals surface area contributed by atoms with Gasteiger partial charge in [0, 0.05) is 5.56 Å². The van der Waals surface area contributed by atoms with E-state index < -0.39 is 34.8 Å². The van der Waals surface area contributed by atoms with Crippen molar-refractivity contribution in [1.82, 2.24) is 0 Å². The van der Waals surface area contributed by atoms with Crippen LogP contribution in [0.5, 0.6) is 0 Å². The number of carboxylic acids is 1. The molecule has 0 bridgehead atoms. The molecule has 0 aliphatic heterocycles. The fourth-order valence-electron chi connectivity index (χ4n) is 6.03. The van der Waals surface area contributed by atoms with Gasteiger partial charge in [-0.05, 0) is 65.1 Å². The minimum absolute atomic E-state index is 0.271. The first-order chi connectivity index (χ1) is 19.3. The fourth-order valence-corrected chi connectivity index (χ4v) is 6.03. The van der Waals surface area contributed by atoms with Crippen LogP contribution in [0, 0.1) is 35.1 Å². The molecule has 40 heavy (non-hydrogen) atoms. The van der Waals surface area contributed by atoms with Gasteiger partial charge in [-0.3, -0.25) is 0 Å². The van der Waals surface area contributed by atoms with Crippen molar-refractivity contribution in [2.24, 2.45) is 11.8 Å². The zero-order valence-corrected chi connectivity index (χ0v) is 23.1. The molecule has 1 fully saturated rings. The van der Waals surface area contributed by atoms with Crippen molar-refractivity contribution >= 4 is 5.97 Å². The lowest BCUT2D eigenvalue weighted by Crippen LogP contribution is -2.15. The third kappa shape index (κ3) is 7.32. The van der Waals surface area contributed by atoms with Gasteiger partial charge in [-0.2, -0.15) is 0 Å². The van der Waals surface area contributed by atoms with Gasteiger partial charge in [-0.15, -0.1) is 0 Å². The third-order valence-corrected chi connectivity index (χ3v) is 8.43. The number of unbranched alkanes of at least 4 members (excludes halogenated alkanes) is 4. The minimum Gasteiger partial charge on any atom is -0.478 e. The van der Waals surface area contributed by atoms with Gasteiger partial charge >= 0.3 is 5.97 Å². The summed E-state index contributed by atoms with van der Waals surface area (Å²) in [7, 11) is 0. The van der Waals surface area contributed by atoms with Gasteiger partial charge < -0.3 is 5.11 Å². The maximum Gasteiger partial charge on any atom is 0.338 e. The molecular weight excluding hydrogens is 516 g/mol. The standard InChI is InChI=1S/C34H38F4O2/c1-2-3-4-5-6-7-22-8-10-23(11-9-22)12-13-24-14-16-25(17-15-24)27-18-19-28(34(39)40)32(37)31(27)26-20-29(35)33(38)30(36)21-26/h14-23H,2-13H2,1H3,(H,39,40)/t22-,23-. The molecule has 1 saturated carbocycles. The average molecular weight is 555 g/mol. The van der Waals surface area contributed by atoms with Crippen LogP contribution in [0.25, 0.3) is 22.3 Å². The van der Waals surface area contributed by atoms with Crippen LogP contribution in [0.1, 0.15) is 93.5 Å². The molecule has 0 amide bonds. The Morgan fingerprint density at radius 1 is 0.750 bits per heavy atom. The van der Waals surface area contributed by atoms with Crippen molar-refractivity contribution < 1.29 is 27.5 Å². The predicted octanol–water partition coefficient (Wildman–Crippen LogP) is 10.4. The largest absolute Gasteiger partial charge is 0.478 e. The number of carboxylic acid groups (broad SMARTS) is 1. The molecule has 2 nitrogen and oxygen atoms in total. The summed E-state index contributed by atoms with van der Waals surface area (Å²) in [6, 6.07) is 11.4. The van der Waals surface area contributed by atoms with Crippen molar-refractivity contribution in [2.75, 3.05) is 0 Å². The summed E-state index contributed by atoms with van der Waals surface area (Å²) in [6.45, 7) is 2.25. The average Bonchev–Trinajstić information content (AvgIpc) is 2.95. The first kappa shape index (κ1) is 29.8. The number of benzene rings is 3. The van der Waals surface area contributed by atoms with E-state index in [9.17, 15) is 23.1 Å². The van der Waals surface area contributed by atoms with E-state index in [1.54, 1.807) is 12.1 Å². The lowest BCUT2D eigenvalue weighted by Gasteiger charge is -2.28. The van der Waals surface area contributed by atoms with E-state index in [0.717, 1.165) is 36.3 Å². The molecule has 0 aromatic heterocycles. The van der Waals surface area contributed by atoms with Gasteiger partial charge in [0.2, 0.25) is 0 Å². The van der Waals surface area contributed by atoms with Crippen LogP contribution in [0.15, 0.2) is 48.5 Å². The zero-order chi connectivity index (χ0) is 28.6. The van der Waals surface area contributed by atoms with E-state index >= 15 is 4.39 Å². The highest BCUT2D eigenvalue weighted by Gasteiger charge is 2.23. The highest BCUT2D eigenvalue weighted by atomic mass is 19.2. The summed E-state index contributed by atoms with van der Waals surface area (Å²) in [5.41, 5.74) is 0.795. The lowest BCUT2D eigenvalue weighted by atomic mass is 9.77. The molecule has 4 rings (SSSR count). The smallest absolute Gasteiger partial charge is 0.338 e. The summed E-state index contributed by atoms with van der Waals surface area (Å²) in [6.07, 6.45) is 15.3. The second-order valence-corrected chi connectivity index (χ2v) is 11.2. The number of hydrogen-bond donors (Lipinski definition) is 1. The summed E-state index contributed by atoms with van der Waals surface area (Å²) < 4.78 is 56.9. The molecule has 214 valence electrons. The molecule has 1 aliphatic carbocycles. The second-order valence-electron chi connectivity index (χ2n) is 11.2. The summed E-state index contributed by atoms with van der Waals surface area (Å²) in [5.74, 6) is -5.65. The van der Waals surface area contributed by atoms with E-state index in [2.05, 4.69) is 6.92 Å². The molecule has 3 aromatic carbocycles. The van der Waals surface area contributed by atoms with Crippen molar-refractivity contribution in [3.63, 3.8) is 0 Å². The Labute approximate surface area is 234 Å². The van der Waals surface area contributed by atoms with Gasteiger partial charge in [0.15, 0.2) is 17.5 Å². The second kappa shape index (κ2) is 14.0. The molecule has 0 radical (unpaired) electrons. The Morgan fingerprint density at radius 2 is 1.35 bits per heavy atom. The van der Waals surface area contributed by atoms with E-state index in [4.69, 9.17) is 0 Å². The SMILES string of the molecule is CCCCCCC[C@H]1CC[C@H](CCc2ccc(-c3ccc(C(=O)O)c(F)c3-c3cc(F)c(F)c(F)c3)cc2)CC1. The number of aromatic carboxylic acids is 1. The van der Waals surface area contributed by atoms with E-state index in [1.165, 1.54) is 70.3 Å². The van der Waals surface area contributed by atoms with Crippen LogP contribution in [0.4, 0.5) is 17.6 Å². The molecule has 6 heteroatoms. The Bertz CT molecular complexity index is 1270. The Balaban J connectivity index is 1.43. The van der Waals surface area contributed by atoms with Crippen molar-refractivity contribution in [3.8, 4) is 22.3 Å². The summed E-state index contributed by atoms with van der Waals surface area (Å²) in [5, 5.41) is 9.39. The van der Waals surface area contributed by atoms with E-state index in [1.807, 2.05) is 12.1 Å². The number of carbonyl (C=O) groups is 1. The van der Waals surface area contributed by atoms with Crippen molar-refractivity contribution in [3.05, 3.63) is 82.9 Å². The van der Waals surface area contributed by atoms with Crippen LogP contribution in [0.3, 0.4) is 0 Å². The maximum atomic E-state index is 15.4. The van der Waals surface area contributed by atoms with Gasteiger partial charge in [0.05, 0.1) is 5.56 Å². The molecule has 0 saturated heterocycles. The van der Waals surface area contributed by atoms with Crippen molar-refractivity contribution in [2.45, 2.75) is 84.0 Å². The van der Waals surface area contributed by atoms with Crippen LogP contribution >= 0.6 is 0 Å². The zero-order valence-electron chi connectivity index (χ0n) is 23.1. The molecule has 1 aliphatic rings. The molecular formula is C34H38F4O2. The molecule has 0 heterocycles. The normalized spacial score (nSPS) is 17.2. The number of aryl methyl sites for hydroxylation is 1. The quantitative estimate of drug-likeness (QED) is 0.137. The van der Waals surface area contributed by atoms with Crippen molar-refractivity contribution in [1.29, 1.82) is 0 Å². The molecule has 1 N–H and O–H groups in total. The Morgan fingerprint density at radius 3 is 1.95 bits per heavy atom. The van der Waals surface area contributed by atoms with Gasteiger partial charge in [0.25, 0.3) is 0 Å². The minimum atomic E-state index is -1.67. The summed E-state index contributed by atoms with van der Waals surface area (Å²) >= 11 is 0. The Hall–Kier alpha value is -3.15. The predicted molar refractivity (Wildman–Crippen MR) is 151 cm³/mol. The highest BCUT2D eigenvalue weighted by Crippen LogP contribution is 2.38. The van der Waals surface area contributed by atoms with Crippen LogP contribution in [0.2, 0.25) is 0 Å². The lowest BCUT2D eigenvalue weighted by molar-refractivity contribution is 0.0692. The molecule has 0 atom stereocenters. The maximum absolute atomic E-state index is 15.4. The Kier molecular flexibility index (Phi) is 10.4. The van der Waals surface area contributed by atoms with E-state index in [-0.39, 0.29) is 16.7 Å². The molecule has 0 unspecified atom stereocenters. The van der Waals surface area contributed by atoms with E-state index in [0.29, 0.717) is 17.7 Å².